The Morgan fingerprint density at radius 1 is 1.22 bits per heavy atom. The summed E-state index contributed by atoms with van der Waals surface area (Å²) in [6.45, 7) is 2.65. The van der Waals surface area contributed by atoms with Crippen molar-refractivity contribution in [2.75, 3.05) is 20.2 Å². The molecule has 0 unspecified atom stereocenters. The van der Waals surface area contributed by atoms with E-state index in [2.05, 4.69) is 48.4 Å². The largest absolute Gasteiger partial charge is 0.493 e. The minimum absolute atomic E-state index is 0.773. The lowest BCUT2D eigenvalue weighted by Crippen LogP contribution is -2.18. The number of nitrogens with zero attached hydrogens (tertiary/aromatic N) is 1. The number of aryl methyl sites for hydroxylation is 1. The highest BCUT2D eigenvalue weighted by Crippen LogP contribution is 2.26. The topological polar surface area (TPSA) is 12.5 Å². The van der Waals surface area contributed by atoms with E-state index in [0.29, 0.717) is 0 Å². The second kappa shape index (κ2) is 7.67. The van der Waals surface area contributed by atoms with Gasteiger partial charge in [-0.05, 0) is 54.8 Å². The molecular weight excluding hydrogens is 306 g/mol. The van der Waals surface area contributed by atoms with Gasteiger partial charge in [0.25, 0.3) is 0 Å². The molecule has 0 N–H and O–H groups in total. The Morgan fingerprint density at radius 3 is 3.00 bits per heavy atom. The molecule has 0 saturated carbocycles. The van der Waals surface area contributed by atoms with E-state index in [4.69, 9.17) is 16.3 Å². The number of likely N-dealkylation sites (N-methyl/N-ethyl adjacent to an activating group) is 1. The van der Waals surface area contributed by atoms with Crippen LogP contribution in [0.25, 0.3) is 6.08 Å². The van der Waals surface area contributed by atoms with Crippen LogP contribution < -0.4 is 4.74 Å². The fraction of sp³-hybridized carbons (Fsp3) is 0.300. The molecule has 0 saturated heterocycles. The van der Waals surface area contributed by atoms with Crippen LogP contribution in [0.3, 0.4) is 0 Å². The summed E-state index contributed by atoms with van der Waals surface area (Å²) in [5.41, 5.74) is 3.76. The van der Waals surface area contributed by atoms with Crippen molar-refractivity contribution in [2.45, 2.75) is 19.4 Å². The van der Waals surface area contributed by atoms with Gasteiger partial charge in [0.15, 0.2) is 0 Å². The van der Waals surface area contributed by atoms with Crippen molar-refractivity contribution in [3.63, 3.8) is 0 Å². The molecule has 23 heavy (non-hydrogen) atoms. The standard InChI is InChI=1S/C20H22ClNO/c1-22(11-3-6-16-5-2-8-19(21)13-16)15-17-9-10-18-7-4-12-23-20(18)14-17/h2-3,5-6,8-10,13-14H,4,7,11-12,15H2,1H3. The number of rotatable bonds is 5. The molecule has 0 spiro atoms. The molecule has 120 valence electrons. The van der Waals surface area contributed by atoms with Gasteiger partial charge in [-0.25, -0.2) is 0 Å². The fourth-order valence-corrected chi connectivity index (χ4v) is 3.04. The molecule has 0 aromatic heterocycles. The zero-order chi connectivity index (χ0) is 16.1. The van der Waals surface area contributed by atoms with Crippen molar-refractivity contribution in [2.24, 2.45) is 0 Å². The van der Waals surface area contributed by atoms with Crippen LogP contribution >= 0.6 is 11.6 Å². The molecule has 0 bridgehead atoms. The van der Waals surface area contributed by atoms with E-state index in [-0.39, 0.29) is 0 Å². The molecule has 1 aliphatic rings. The monoisotopic (exact) mass is 327 g/mol. The minimum atomic E-state index is 0.773. The summed E-state index contributed by atoms with van der Waals surface area (Å²) < 4.78 is 5.75. The Morgan fingerprint density at radius 2 is 2.13 bits per heavy atom. The Hall–Kier alpha value is -1.77. The van der Waals surface area contributed by atoms with Crippen molar-refractivity contribution in [1.29, 1.82) is 0 Å². The predicted octanol–water partition coefficient (Wildman–Crippen LogP) is 4.81. The molecule has 0 atom stereocenters. The minimum Gasteiger partial charge on any atom is -0.493 e. The van der Waals surface area contributed by atoms with Crippen LogP contribution in [-0.4, -0.2) is 25.1 Å². The molecule has 2 aromatic carbocycles. The fourth-order valence-electron chi connectivity index (χ4n) is 2.84. The SMILES string of the molecule is CN(CC=Cc1cccc(Cl)c1)Cc1ccc2c(c1)OCCC2. The molecule has 0 amide bonds. The number of benzene rings is 2. The lowest BCUT2D eigenvalue weighted by Gasteiger charge is -2.20. The first-order valence-corrected chi connectivity index (χ1v) is 8.44. The van der Waals surface area contributed by atoms with E-state index in [0.717, 1.165) is 48.9 Å². The van der Waals surface area contributed by atoms with Crippen molar-refractivity contribution in [1.82, 2.24) is 4.90 Å². The molecule has 2 nitrogen and oxygen atoms in total. The van der Waals surface area contributed by atoms with E-state index >= 15 is 0 Å². The molecular formula is C20H22ClNO. The van der Waals surface area contributed by atoms with Gasteiger partial charge in [-0.1, -0.05) is 48.0 Å². The van der Waals surface area contributed by atoms with Crippen molar-refractivity contribution in [3.8, 4) is 5.75 Å². The third-order valence-electron chi connectivity index (χ3n) is 4.01. The molecule has 0 radical (unpaired) electrons. The van der Waals surface area contributed by atoms with Gasteiger partial charge < -0.3 is 4.74 Å². The molecule has 2 aromatic rings. The van der Waals surface area contributed by atoms with Crippen LogP contribution in [0, 0.1) is 0 Å². The molecule has 1 heterocycles. The van der Waals surface area contributed by atoms with Gasteiger partial charge in [-0.3, -0.25) is 4.90 Å². The summed E-state index contributed by atoms with van der Waals surface area (Å²) in [5.74, 6) is 1.07. The molecule has 0 fully saturated rings. The van der Waals surface area contributed by atoms with Crippen LogP contribution in [0.4, 0.5) is 0 Å². The maximum Gasteiger partial charge on any atom is 0.122 e. The van der Waals surface area contributed by atoms with E-state index in [1.165, 1.54) is 11.1 Å². The normalized spacial score (nSPS) is 14.0. The third-order valence-corrected chi connectivity index (χ3v) is 4.24. The van der Waals surface area contributed by atoms with Crippen LogP contribution in [0.1, 0.15) is 23.1 Å². The van der Waals surface area contributed by atoms with Crippen LogP contribution in [0.15, 0.2) is 48.5 Å². The van der Waals surface area contributed by atoms with Crippen molar-refractivity contribution >= 4 is 17.7 Å². The first-order valence-electron chi connectivity index (χ1n) is 8.06. The average Bonchev–Trinajstić information content (AvgIpc) is 2.55. The maximum absolute atomic E-state index is 6.00. The Kier molecular flexibility index (Phi) is 5.37. The van der Waals surface area contributed by atoms with Crippen LogP contribution in [0.2, 0.25) is 5.02 Å². The zero-order valence-electron chi connectivity index (χ0n) is 13.5. The van der Waals surface area contributed by atoms with E-state index < -0.39 is 0 Å². The van der Waals surface area contributed by atoms with Gasteiger partial charge >= 0.3 is 0 Å². The molecule has 1 aliphatic heterocycles. The number of hydrogen-bond donors (Lipinski definition) is 0. The van der Waals surface area contributed by atoms with E-state index in [1.54, 1.807) is 0 Å². The molecule has 0 aliphatic carbocycles. The van der Waals surface area contributed by atoms with Gasteiger partial charge in [0.1, 0.15) is 5.75 Å². The zero-order valence-corrected chi connectivity index (χ0v) is 14.2. The Bertz CT molecular complexity index is 696. The lowest BCUT2D eigenvalue weighted by atomic mass is 10.0. The van der Waals surface area contributed by atoms with Crippen LogP contribution in [0.5, 0.6) is 5.75 Å². The lowest BCUT2D eigenvalue weighted by molar-refractivity contribution is 0.287. The maximum atomic E-state index is 6.00. The molecule has 3 heteroatoms. The van der Waals surface area contributed by atoms with Gasteiger partial charge in [-0.15, -0.1) is 0 Å². The Balaban J connectivity index is 1.56. The highest BCUT2D eigenvalue weighted by atomic mass is 35.5. The summed E-state index contributed by atoms with van der Waals surface area (Å²) >= 11 is 6.00. The number of hydrogen-bond acceptors (Lipinski definition) is 2. The average molecular weight is 328 g/mol. The molecule has 3 rings (SSSR count). The van der Waals surface area contributed by atoms with Gasteiger partial charge in [0.2, 0.25) is 0 Å². The van der Waals surface area contributed by atoms with Gasteiger partial charge in [0, 0.05) is 18.1 Å². The van der Waals surface area contributed by atoms with Crippen molar-refractivity contribution in [3.05, 3.63) is 70.3 Å². The summed E-state index contributed by atoms with van der Waals surface area (Å²) in [5, 5.41) is 0.773. The van der Waals surface area contributed by atoms with Gasteiger partial charge in [0.05, 0.1) is 6.61 Å². The first-order chi connectivity index (χ1) is 11.2. The van der Waals surface area contributed by atoms with E-state index in [1.807, 2.05) is 18.2 Å². The number of fused-ring (bicyclic) bond motifs is 1. The van der Waals surface area contributed by atoms with Crippen LogP contribution in [-0.2, 0) is 13.0 Å². The number of halogens is 1. The quantitative estimate of drug-likeness (QED) is 0.781. The second-order valence-corrected chi connectivity index (χ2v) is 6.48. The third kappa shape index (κ3) is 4.60. The smallest absolute Gasteiger partial charge is 0.122 e. The van der Waals surface area contributed by atoms with E-state index in [9.17, 15) is 0 Å². The summed E-state index contributed by atoms with van der Waals surface area (Å²) in [6.07, 6.45) is 6.54. The van der Waals surface area contributed by atoms with Gasteiger partial charge in [-0.2, -0.15) is 0 Å². The number of ether oxygens (including phenoxy) is 1. The van der Waals surface area contributed by atoms with Crippen molar-refractivity contribution < 1.29 is 4.74 Å². The highest BCUT2D eigenvalue weighted by molar-refractivity contribution is 6.30. The summed E-state index contributed by atoms with van der Waals surface area (Å²) in [4.78, 5) is 2.28. The summed E-state index contributed by atoms with van der Waals surface area (Å²) in [7, 11) is 2.13. The second-order valence-electron chi connectivity index (χ2n) is 6.05. The first kappa shape index (κ1) is 16.1. The predicted molar refractivity (Wildman–Crippen MR) is 97.1 cm³/mol. The summed E-state index contributed by atoms with van der Waals surface area (Å²) in [6, 6.07) is 14.5. The Labute approximate surface area is 143 Å². The highest BCUT2D eigenvalue weighted by Gasteiger charge is 2.10.